The quantitative estimate of drug-likeness (QED) is 0.174. The third-order valence-electron chi connectivity index (χ3n) is 5.26. The van der Waals surface area contributed by atoms with Crippen LogP contribution < -0.4 is 0 Å². The molecule has 1 unspecified atom stereocenters. The van der Waals surface area contributed by atoms with E-state index in [2.05, 4.69) is 32.9 Å². The minimum Gasteiger partial charge on any atom is -0.0917 e. The van der Waals surface area contributed by atoms with Crippen molar-refractivity contribution in [2.45, 2.75) is 130 Å². The van der Waals surface area contributed by atoms with Gasteiger partial charge in [-0.15, -0.1) is 0 Å². The zero-order valence-corrected chi connectivity index (χ0v) is 16.8. The van der Waals surface area contributed by atoms with Crippen molar-refractivity contribution in [3.8, 4) is 0 Å². The molecule has 0 nitrogen and oxygen atoms in total. The Balaban J connectivity index is 3.29. The topological polar surface area (TPSA) is 0 Å². The molecule has 0 aromatic carbocycles. The Kier molecular flexibility index (Phi) is 19.6. The van der Waals surface area contributed by atoms with E-state index in [1.165, 1.54) is 109 Å². The third kappa shape index (κ3) is 17.9. The Labute approximate surface area is 148 Å². The zero-order chi connectivity index (χ0) is 17.0. The second kappa shape index (κ2) is 19.8. The minimum atomic E-state index is 1.02. The summed E-state index contributed by atoms with van der Waals surface area (Å²) in [5, 5.41) is 0. The van der Waals surface area contributed by atoms with Crippen LogP contribution in [0.15, 0.2) is 12.2 Å². The lowest BCUT2D eigenvalue weighted by Gasteiger charge is -2.14. The highest BCUT2D eigenvalue weighted by molar-refractivity contribution is 4.76. The van der Waals surface area contributed by atoms with Gasteiger partial charge in [0, 0.05) is 0 Å². The molecule has 0 rings (SSSR count). The van der Waals surface area contributed by atoms with E-state index in [4.69, 9.17) is 0 Å². The van der Waals surface area contributed by atoms with Gasteiger partial charge in [0.25, 0.3) is 0 Å². The zero-order valence-electron chi connectivity index (χ0n) is 16.8. The first-order valence-corrected chi connectivity index (χ1v) is 11.0. The fourth-order valence-electron chi connectivity index (χ4n) is 3.51. The molecule has 0 saturated heterocycles. The van der Waals surface area contributed by atoms with Crippen molar-refractivity contribution < 1.29 is 0 Å². The van der Waals surface area contributed by atoms with E-state index >= 15 is 0 Å². The second-order valence-electron chi connectivity index (χ2n) is 7.45. The van der Waals surface area contributed by atoms with Crippen molar-refractivity contribution >= 4 is 0 Å². The summed E-state index contributed by atoms with van der Waals surface area (Å²) < 4.78 is 0. The lowest BCUT2D eigenvalue weighted by molar-refractivity contribution is 0.392. The average Bonchev–Trinajstić information content (AvgIpc) is 2.57. The van der Waals surface area contributed by atoms with Crippen molar-refractivity contribution in [1.29, 1.82) is 0 Å². The van der Waals surface area contributed by atoms with Crippen molar-refractivity contribution in [2.24, 2.45) is 5.92 Å². The number of allylic oxidation sites excluding steroid dienone is 2. The van der Waals surface area contributed by atoms with Gasteiger partial charge in [-0.1, -0.05) is 122 Å². The lowest BCUT2D eigenvalue weighted by Crippen LogP contribution is -1.99. The van der Waals surface area contributed by atoms with Crippen molar-refractivity contribution in [3.05, 3.63) is 12.2 Å². The largest absolute Gasteiger partial charge is 0.0917 e. The molecule has 1 atom stereocenters. The summed E-state index contributed by atoms with van der Waals surface area (Å²) in [5.74, 6) is 1.02. The van der Waals surface area contributed by atoms with Gasteiger partial charge in [0.15, 0.2) is 0 Å². The Bertz CT molecular complexity index is 228. The molecule has 0 radical (unpaired) electrons. The molecule has 0 amide bonds. The molecule has 0 aliphatic heterocycles. The van der Waals surface area contributed by atoms with Crippen molar-refractivity contribution in [1.82, 2.24) is 0 Å². The van der Waals surface area contributed by atoms with Crippen LogP contribution in [0.5, 0.6) is 0 Å². The fourth-order valence-corrected chi connectivity index (χ4v) is 3.51. The van der Waals surface area contributed by atoms with Gasteiger partial charge in [-0.2, -0.15) is 0 Å². The Morgan fingerprint density at radius 3 is 1.57 bits per heavy atom. The maximum absolute atomic E-state index is 2.40. The smallest absolute Gasteiger partial charge is 0.0351 e. The molecule has 0 saturated carbocycles. The van der Waals surface area contributed by atoms with E-state index in [9.17, 15) is 0 Å². The van der Waals surface area contributed by atoms with Crippen LogP contribution >= 0.6 is 0 Å². The van der Waals surface area contributed by atoms with E-state index in [0.717, 1.165) is 5.92 Å². The number of hydrogen-bond acceptors (Lipinski definition) is 0. The fraction of sp³-hybridized carbons (Fsp3) is 0.913. The highest BCUT2D eigenvalue weighted by Crippen LogP contribution is 2.21. The van der Waals surface area contributed by atoms with Gasteiger partial charge in [0.1, 0.15) is 0 Å². The van der Waals surface area contributed by atoms with Crippen LogP contribution in [0.3, 0.4) is 0 Å². The van der Waals surface area contributed by atoms with Crippen LogP contribution in [-0.4, -0.2) is 0 Å². The summed E-state index contributed by atoms with van der Waals surface area (Å²) in [7, 11) is 0. The SMILES string of the molecule is C/C=C/CCCCCCCCCC(CC)CCCCCCCC. The molecular weight excluding hydrogens is 276 g/mol. The predicted molar refractivity (Wildman–Crippen MR) is 108 cm³/mol. The van der Waals surface area contributed by atoms with Gasteiger partial charge >= 0.3 is 0 Å². The van der Waals surface area contributed by atoms with E-state index < -0.39 is 0 Å². The molecule has 0 heteroatoms. The molecule has 0 N–H and O–H groups in total. The molecule has 0 aromatic heterocycles. The van der Waals surface area contributed by atoms with Crippen LogP contribution in [0.1, 0.15) is 130 Å². The van der Waals surface area contributed by atoms with Crippen LogP contribution in [-0.2, 0) is 0 Å². The van der Waals surface area contributed by atoms with Crippen molar-refractivity contribution in [2.75, 3.05) is 0 Å². The Morgan fingerprint density at radius 2 is 1.09 bits per heavy atom. The third-order valence-corrected chi connectivity index (χ3v) is 5.26. The lowest BCUT2D eigenvalue weighted by atomic mass is 9.92. The van der Waals surface area contributed by atoms with Gasteiger partial charge in [-0.3, -0.25) is 0 Å². The highest BCUT2D eigenvalue weighted by atomic mass is 14.1. The van der Waals surface area contributed by atoms with Gasteiger partial charge in [-0.25, -0.2) is 0 Å². The second-order valence-corrected chi connectivity index (χ2v) is 7.45. The molecule has 0 bridgehead atoms. The summed E-state index contributed by atoms with van der Waals surface area (Å²) in [6.07, 6.45) is 29.0. The van der Waals surface area contributed by atoms with Crippen LogP contribution in [0.4, 0.5) is 0 Å². The predicted octanol–water partition coefficient (Wildman–Crippen LogP) is 8.85. The van der Waals surface area contributed by atoms with Gasteiger partial charge in [0.05, 0.1) is 0 Å². The van der Waals surface area contributed by atoms with E-state index in [-0.39, 0.29) is 0 Å². The van der Waals surface area contributed by atoms with E-state index in [1.807, 2.05) is 0 Å². The maximum atomic E-state index is 2.40. The van der Waals surface area contributed by atoms with Crippen LogP contribution in [0, 0.1) is 5.92 Å². The molecule has 0 heterocycles. The Hall–Kier alpha value is -0.260. The molecule has 138 valence electrons. The molecule has 0 aliphatic rings. The standard InChI is InChI=1S/C23H46/c1-4-7-9-11-13-14-15-16-18-20-22-23(6-3)21-19-17-12-10-8-5-2/h4,7,23H,5-6,8-22H2,1-3H3/b7-4+. The first-order chi connectivity index (χ1) is 11.3. The first kappa shape index (κ1) is 22.7. The van der Waals surface area contributed by atoms with Gasteiger partial charge < -0.3 is 0 Å². The van der Waals surface area contributed by atoms with Crippen molar-refractivity contribution in [3.63, 3.8) is 0 Å². The molecular formula is C23H46. The minimum absolute atomic E-state index is 1.02. The Morgan fingerprint density at radius 1 is 0.609 bits per heavy atom. The van der Waals surface area contributed by atoms with Gasteiger partial charge in [0.2, 0.25) is 0 Å². The highest BCUT2D eigenvalue weighted by Gasteiger charge is 2.05. The summed E-state index contributed by atoms with van der Waals surface area (Å²) >= 11 is 0. The van der Waals surface area contributed by atoms with Crippen LogP contribution in [0.25, 0.3) is 0 Å². The maximum Gasteiger partial charge on any atom is -0.0351 e. The summed E-state index contributed by atoms with van der Waals surface area (Å²) in [4.78, 5) is 0. The van der Waals surface area contributed by atoms with Gasteiger partial charge in [-0.05, 0) is 25.7 Å². The average molecular weight is 323 g/mol. The monoisotopic (exact) mass is 322 g/mol. The first-order valence-electron chi connectivity index (χ1n) is 11.0. The summed E-state index contributed by atoms with van der Waals surface area (Å²) in [6.45, 7) is 6.82. The number of unbranched alkanes of at least 4 members (excludes halogenated alkanes) is 12. The van der Waals surface area contributed by atoms with E-state index in [0.29, 0.717) is 0 Å². The molecule has 0 fully saturated rings. The number of hydrogen-bond donors (Lipinski definition) is 0. The molecule has 23 heavy (non-hydrogen) atoms. The molecule has 0 spiro atoms. The number of rotatable bonds is 18. The van der Waals surface area contributed by atoms with Crippen LogP contribution in [0.2, 0.25) is 0 Å². The normalized spacial score (nSPS) is 13.0. The molecule has 0 aliphatic carbocycles. The summed E-state index contributed by atoms with van der Waals surface area (Å²) in [5.41, 5.74) is 0. The van der Waals surface area contributed by atoms with E-state index in [1.54, 1.807) is 0 Å². The molecule has 0 aromatic rings. The summed E-state index contributed by atoms with van der Waals surface area (Å²) in [6, 6.07) is 0.